The van der Waals surface area contributed by atoms with Gasteiger partial charge in [0.2, 0.25) is 5.91 Å². The second-order valence-electron chi connectivity index (χ2n) is 5.27. The number of benzene rings is 1. The fourth-order valence-electron chi connectivity index (χ4n) is 2.68. The molecule has 1 unspecified atom stereocenters. The molecule has 1 atom stereocenters. The van der Waals surface area contributed by atoms with Gasteiger partial charge in [0, 0.05) is 17.5 Å². The molecule has 2 aromatic rings. The van der Waals surface area contributed by atoms with Gasteiger partial charge in [0.1, 0.15) is 11.0 Å². The van der Waals surface area contributed by atoms with Crippen LogP contribution >= 0.6 is 11.3 Å². The molecule has 1 amide bonds. The fourth-order valence-corrected chi connectivity index (χ4v) is 3.51. The molecule has 1 N–H and O–H groups in total. The largest absolute Gasteiger partial charge is 0.480 e. The van der Waals surface area contributed by atoms with E-state index in [1.807, 2.05) is 35.7 Å². The maximum atomic E-state index is 12.3. The van der Waals surface area contributed by atoms with Gasteiger partial charge in [-0.25, -0.2) is 9.78 Å². The highest BCUT2D eigenvalue weighted by Gasteiger charge is 2.33. The van der Waals surface area contributed by atoms with E-state index in [0.717, 1.165) is 17.0 Å². The van der Waals surface area contributed by atoms with E-state index in [0.29, 0.717) is 18.7 Å². The van der Waals surface area contributed by atoms with Gasteiger partial charge in [0.25, 0.3) is 0 Å². The number of aliphatic carboxylic acids is 1. The van der Waals surface area contributed by atoms with E-state index in [1.54, 1.807) is 0 Å². The van der Waals surface area contributed by atoms with Crippen molar-refractivity contribution >= 4 is 23.2 Å². The number of nitrogens with zero attached hydrogens (tertiary/aromatic N) is 2. The summed E-state index contributed by atoms with van der Waals surface area (Å²) in [6.07, 6.45) is 1.44. The molecule has 0 radical (unpaired) electrons. The lowest BCUT2D eigenvalue weighted by Crippen LogP contribution is -2.41. The number of hydrogen-bond donors (Lipinski definition) is 1. The van der Waals surface area contributed by atoms with E-state index in [1.165, 1.54) is 16.2 Å². The Hall–Kier alpha value is -2.21. The number of carboxylic acid groups (broad SMARTS) is 1. The zero-order valence-electron chi connectivity index (χ0n) is 11.9. The van der Waals surface area contributed by atoms with Crippen LogP contribution in [0.4, 0.5) is 0 Å². The average molecular weight is 316 g/mol. The smallest absolute Gasteiger partial charge is 0.326 e. The van der Waals surface area contributed by atoms with Crippen LogP contribution < -0.4 is 0 Å². The standard InChI is InChI=1S/C16H16N2O3S/c19-14(18-8-4-7-13(18)16(20)21)9-12-10-22-15(17-12)11-5-2-1-3-6-11/h1-3,5-6,10,13H,4,7-9H2,(H,20,21). The van der Waals surface area contributed by atoms with E-state index < -0.39 is 12.0 Å². The van der Waals surface area contributed by atoms with Gasteiger partial charge in [0.15, 0.2) is 0 Å². The minimum Gasteiger partial charge on any atom is -0.480 e. The van der Waals surface area contributed by atoms with Crippen molar-refractivity contribution in [3.05, 3.63) is 41.4 Å². The number of likely N-dealkylation sites (tertiary alicyclic amines) is 1. The van der Waals surface area contributed by atoms with E-state index in [-0.39, 0.29) is 12.3 Å². The zero-order chi connectivity index (χ0) is 15.5. The van der Waals surface area contributed by atoms with Gasteiger partial charge in [0.05, 0.1) is 12.1 Å². The number of carboxylic acids is 1. The molecule has 1 aromatic heterocycles. The van der Waals surface area contributed by atoms with E-state index in [4.69, 9.17) is 5.11 Å². The number of rotatable bonds is 4. The first-order valence-corrected chi connectivity index (χ1v) is 8.05. The lowest BCUT2D eigenvalue weighted by molar-refractivity contribution is -0.148. The molecular weight excluding hydrogens is 300 g/mol. The molecule has 0 bridgehead atoms. The third-order valence-electron chi connectivity index (χ3n) is 3.76. The summed E-state index contributed by atoms with van der Waals surface area (Å²) in [5.41, 5.74) is 1.72. The van der Waals surface area contributed by atoms with Crippen LogP contribution in [0.25, 0.3) is 10.6 Å². The first-order chi connectivity index (χ1) is 10.6. The molecule has 2 heterocycles. The van der Waals surface area contributed by atoms with Gasteiger partial charge in [-0.3, -0.25) is 4.79 Å². The summed E-state index contributed by atoms with van der Waals surface area (Å²) in [7, 11) is 0. The first kappa shape index (κ1) is 14.7. The highest BCUT2D eigenvalue weighted by Crippen LogP contribution is 2.24. The van der Waals surface area contributed by atoms with Gasteiger partial charge >= 0.3 is 5.97 Å². The topological polar surface area (TPSA) is 70.5 Å². The van der Waals surface area contributed by atoms with E-state index in [2.05, 4.69) is 4.98 Å². The summed E-state index contributed by atoms with van der Waals surface area (Å²) in [5.74, 6) is -1.08. The van der Waals surface area contributed by atoms with Crippen LogP contribution in [0.3, 0.4) is 0 Å². The molecule has 1 saturated heterocycles. The van der Waals surface area contributed by atoms with Crippen LogP contribution in [-0.4, -0.2) is 39.5 Å². The number of thiazole rings is 1. The monoisotopic (exact) mass is 316 g/mol. The lowest BCUT2D eigenvalue weighted by Gasteiger charge is -2.20. The molecule has 0 spiro atoms. The van der Waals surface area contributed by atoms with Crippen LogP contribution in [-0.2, 0) is 16.0 Å². The molecule has 3 rings (SSSR count). The predicted octanol–water partition coefficient (Wildman–Crippen LogP) is 2.43. The second-order valence-corrected chi connectivity index (χ2v) is 6.13. The van der Waals surface area contributed by atoms with Gasteiger partial charge in [-0.05, 0) is 12.8 Å². The Morgan fingerprint density at radius 3 is 2.82 bits per heavy atom. The summed E-state index contributed by atoms with van der Waals surface area (Å²) in [6.45, 7) is 0.519. The minimum atomic E-state index is -0.922. The first-order valence-electron chi connectivity index (χ1n) is 7.17. The molecule has 114 valence electrons. The molecule has 1 fully saturated rings. The molecule has 6 heteroatoms. The highest BCUT2D eigenvalue weighted by molar-refractivity contribution is 7.13. The Bertz CT molecular complexity index is 684. The summed E-state index contributed by atoms with van der Waals surface area (Å²) in [6, 6.07) is 9.12. The summed E-state index contributed by atoms with van der Waals surface area (Å²) >= 11 is 1.50. The van der Waals surface area contributed by atoms with Crippen LogP contribution in [0.1, 0.15) is 18.5 Å². The second kappa shape index (κ2) is 6.27. The third-order valence-corrected chi connectivity index (χ3v) is 4.70. The number of amides is 1. The van der Waals surface area contributed by atoms with Crippen LogP contribution in [0.15, 0.2) is 35.7 Å². The van der Waals surface area contributed by atoms with Gasteiger partial charge < -0.3 is 10.0 Å². The fraction of sp³-hybridized carbons (Fsp3) is 0.312. The normalized spacial score (nSPS) is 17.6. The maximum absolute atomic E-state index is 12.3. The van der Waals surface area contributed by atoms with Crippen LogP contribution in [0.2, 0.25) is 0 Å². The van der Waals surface area contributed by atoms with Crippen molar-refractivity contribution in [3.8, 4) is 10.6 Å². The molecule has 0 aliphatic carbocycles. The van der Waals surface area contributed by atoms with Crippen molar-refractivity contribution in [2.24, 2.45) is 0 Å². The number of carbonyl (C=O) groups is 2. The summed E-state index contributed by atoms with van der Waals surface area (Å²) in [4.78, 5) is 29.4. The minimum absolute atomic E-state index is 0.158. The SMILES string of the molecule is O=C(O)C1CCCN1C(=O)Cc1csc(-c2ccccc2)n1. The molecule has 0 saturated carbocycles. The van der Waals surface area contributed by atoms with Crippen LogP contribution in [0.5, 0.6) is 0 Å². The Labute approximate surface area is 132 Å². The third kappa shape index (κ3) is 3.01. The van der Waals surface area contributed by atoms with Crippen molar-refractivity contribution in [1.29, 1.82) is 0 Å². The molecule has 1 aromatic carbocycles. The molecule has 5 nitrogen and oxygen atoms in total. The number of aromatic nitrogens is 1. The summed E-state index contributed by atoms with van der Waals surface area (Å²) < 4.78 is 0. The predicted molar refractivity (Wildman–Crippen MR) is 83.6 cm³/mol. The average Bonchev–Trinajstić information content (AvgIpc) is 3.17. The van der Waals surface area contributed by atoms with E-state index in [9.17, 15) is 9.59 Å². The Morgan fingerprint density at radius 1 is 1.32 bits per heavy atom. The molecule has 22 heavy (non-hydrogen) atoms. The van der Waals surface area contributed by atoms with Crippen molar-refractivity contribution in [2.75, 3.05) is 6.54 Å². The number of carbonyl (C=O) groups excluding carboxylic acids is 1. The number of hydrogen-bond acceptors (Lipinski definition) is 4. The molecular formula is C16H16N2O3S. The van der Waals surface area contributed by atoms with Gasteiger partial charge in [-0.2, -0.15) is 0 Å². The van der Waals surface area contributed by atoms with Crippen molar-refractivity contribution in [2.45, 2.75) is 25.3 Å². The molecule has 1 aliphatic rings. The maximum Gasteiger partial charge on any atom is 0.326 e. The van der Waals surface area contributed by atoms with Crippen LogP contribution in [0, 0.1) is 0 Å². The van der Waals surface area contributed by atoms with Gasteiger partial charge in [-0.15, -0.1) is 11.3 Å². The molecule has 1 aliphatic heterocycles. The Kier molecular flexibility index (Phi) is 4.20. The van der Waals surface area contributed by atoms with E-state index >= 15 is 0 Å². The lowest BCUT2D eigenvalue weighted by atomic mass is 10.2. The van der Waals surface area contributed by atoms with Crippen molar-refractivity contribution in [1.82, 2.24) is 9.88 Å². The quantitative estimate of drug-likeness (QED) is 0.940. The Balaban J connectivity index is 1.70. The summed E-state index contributed by atoms with van der Waals surface area (Å²) in [5, 5.41) is 11.9. The van der Waals surface area contributed by atoms with Crippen molar-refractivity contribution < 1.29 is 14.7 Å². The van der Waals surface area contributed by atoms with Gasteiger partial charge in [-0.1, -0.05) is 30.3 Å². The van der Waals surface area contributed by atoms with Crippen molar-refractivity contribution in [3.63, 3.8) is 0 Å². The highest BCUT2D eigenvalue weighted by atomic mass is 32.1. The zero-order valence-corrected chi connectivity index (χ0v) is 12.8. The Morgan fingerprint density at radius 2 is 2.09 bits per heavy atom.